The number of morpholine rings is 1. The van der Waals surface area contributed by atoms with E-state index in [0.717, 1.165) is 34.8 Å². The van der Waals surface area contributed by atoms with Crippen LogP contribution in [0.1, 0.15) is 31.2 Å². The molecule has 0 aromatic heterocycles. The number of amides is 1. The lowest BCUT2D eigenvalue weighted by atomic mass is 10.0. The van der Waals surface area contributed by atoms with Crippen LogP contribution in [0.2, 0.25) is 0 Å². The molecule has 0 atom stereocenters. The van der Waals surface area contributed by atoms with Crippen molar-refractivity contribution >= 4 is 22.9 Å². The molecule has 1 aromatic rings. The van der Waals surface area contributed by atoms with E-state index in [1.54, 1.807) is 0 Å². The van der Waals surface area contributed by atoms with E-state index in [1.807, 2.05) is 4.90 Å². The lowest BCUT2D eigenvalue weighted by Crippen LogP contribution is -2.50. The van der Waals surface area contributed by atoms with Gasteiger partial charge in [0.1, 0.15) is 0 Å². The Labute approximate surface area is 153 Å². The van der Waals surface area contributed by atoms with E-state index in [1.165, 1.54) is 25.7 Å². The fourth-order valence-electron chi connectivity index (χ4n) is 4.37. The first-order chi connectivity index (χ1) is 12.8. The van der Waals surface area contributed by atoms with Gasteiger partial charge in [-0.25, -0.2) is 0 Å². The molecule has 2 N–H and O–H groups in total. The first-order valence-electron chi connectivity index (χ1n) is 9.68. The number of nitrogens with one attached hydrogen (secondary N) is 2. The summed E-state index contributed by atoms with van der Waals surface area (Å²) < 4.78 is 10.9. The fraction of sp³-hybridized carbons (Fsp3) is 0.550. The summed E-state index contributed by atoms with van der Waals surface area (Å²) in [4.78, 5) is 15.2. The van der Waals surface area contributed by atoms with E-state index in [0.29, 0.717) is 32.5 Å². The number of carbonyl (C=O) groups is 1. The lowest BCUT2D eigenvalue weighted by molar-refractivity contribution is -0.115. The van der Waals surface area contributed by atoms with Crippen molar-refractivity contribution in [2.45, 2.75) is 37.8 Å². The second-order valence-electron chi connectivity index (χ2n) is 7.56. The van der Waals surface area contributed by atoms with Crippen LogP contribution in [0.25, 0.3) is 5.57 Å². The predicted octanol–water partition coefficient (Wildman–Crippen LogP) is 2.12. The van der Waals surface area contributed by atoms with Gasteiger partial charge in [0.2, 0.25) is 0 Å². The number of nitrogens with zero attached hydrogens (tertiary/aromatic N) is 1. The minimum Gasteiger partial charge on any atom is -0.383 e. The van der Waals surface area contributed by atoms with E-state index in [4.69, 9.17) is 9.47 Å². The molecule has 1 aromatic carbocycles. The zero-order valence-electron chi connectivity index (χ0n) is 14.9. The van der Waals surface area contributed by atoms with Gasteiger partial charge in [0.05, 0.1) is 49.4 Å². The average Bonchev–Trinajstić information content (AvgIpc) is 3.21. The van der Waals surface area contributed by atoms with Gasteiger partial charge in [-0.2, -0.15) is 0 Å². The Hall–Kier alpha value is -2.05. The maximum Gasteiger partial charge on any atom is 0.261 e. The summed E-state index contributed by atoms with van der Waals surface area (Å²) in [6.45, 7) is 3.12. The summed E-state index contributed by atoms with van der Waals surface area (Å²) in [6.07, 6.45) is 5.05. The van der Waals surface area contributed by atoms with Gasteiger partial charge in [-0.15, -0.1) is 0 Å². The van der Waals surface area contributed by atoms with Crippen molar-refractivity contribution in [2.24, 2.45) is 0 Å². The van der Waals surface area contributed by atoms with Gasteiger partial charge < -0.3 is 20.1 Å². The molecular formula is C20H25N3O3. The number of benzene rings is 1. The molecule has 0 bridgehead atoms. The van der Waals surface area contributed by atoms with Gasteiger partial charge in [-0.1, -0.05) is 12.8 Å². The molecule has 1 aliphatic carbocycles. The number of fused-ring (bicyclic) bond motifs is 1. The van der Waals surface area contributed by atoms with Gasteiger partial charge in [0.25, 0.3) is 5.91 Å². The van der Waals surface area contributed by atoms with E-state index < -0.39 is 0 Å². The Morgan fingerprint density at radius 1 is 1.15 bits per heavy atom. The molecule has 0 unspecified atom stereocenters. The number of anilines is 2. The monoisotopic (exact) mass is 355 g/mol. The highest BCUT2D eigenvalue weighted by atomic mass is 16.5. The van der Waals surface area contributed by atoms with Crippen LogP contribution >= 0.6 is 0 Å². The summed E-state index contributed by atoms with van der Waals surface area (Å²) in [5.41, 5.74) is 4.78. The van der Waals surface area contributed by atoms with Crippen molar-refractivity contribution in [3.8, 4) is 0 Å². The third-order valence-corrected chi connectivity index (χ3v) is 5.80. The summed E-state index contributed by atoms with van der Waals surface area (Å²) in [7, 11) is 0. The summed E-state index contributed by atoms with van der Waals surface area (Å²) in [5, 5.41) is 7.03. The molecule has 0 spiro atoms. The van der Waals surface area contributed by atoms with E-state index >= 15 is 0 Å². The first-order valence-corrected chi connectivity index (χ1v) is 9.68. The van der Waals surface area contributed by atoms with Crippen molar-refractivity contribution in [3.05, 3.63) is 29.5 Å². The number of carbonyl (C=O) groups excluding carboxylic acids is 1. The smallest absolute Gasteiger partial charge is 0.261 e. The molecule has 6 heteroatoms. The van der Waals surface area contributed by atoms with Crippen LogP contribution in [0.3, 0.4) is 0 Å². The SMILES string of the molecule is O=C1/C(=C2/COCCN2)c2cc(NC3CCCC3)ccc2N1C1COC1. The van der Waals surface area contributed by atoms with Crippen molar-refractivity contribution in [1.29, 1.82) is 0 Å². The van der Waals surface area contributed by atoms with Gasteiger partial charge >= 0.3 is 0 Å². The molecule has 1 saturated carbocycles. The van der Waals surface area contributed by atoms with Gasteiger partial charge in [-0.05, 0) is 31.0 Å². The van der Waals surface area contributed by atoms with Gasteiger partial charge in [-0.3, -0.25) is 9.69 Å². The van der Waals surface area contributed by atoms with Crippen LogP contribution in [-0.4, -0.2) is 51.0 Å². The van der Waals surface area contributed by atoms with Crippen molar-refractivity contribution < 1.29 is 14.3 Å². The highest BCUT2D eigenvalue weighted by Gasteiger charge is 2.41. The van der Waals surface area contributed by atoms with Crippen molar-refractivity contribution in [2.75, 3.05) is 43.2 Å². The quantitative estimate of drug-likeness (QED) is 0.813. The lowest BCUT2D eigenvalue weighted by Gasteiger charge is -2.34. The standard InChI is InChI=1S/C20H25N3O3/c24-20-19(17-12-25-8-7-21-17)16-9-14(22-13-3-1-2-4-13)5-6-18(16)23(20)15-10-26-11-15/h5-6,9,13,15,21-22H,1-4,7-8,10-12H2/b19-17-. The van der Waals surface area contributed by atoms with Crippen LogP contribution in [0, 0.1) is 0 Å². The molecule has 4 aliphatic rings. The first kappa shape index (κ1) is 16.1. The van der Waals surface area contributed by atoms with Crippen molar-refractivity contribution in [1.82, 2.24) is 5.32 Å². The maximum atomic E-state index is 13.2. The molecule has 5 rings (SSSR count). The Morgan fingerprint density at radius 3 is 2.69 bits per heavy atom. The zero-order chi connectivity index (χ0) is 17.5. The van der Waals surface area contributed by atoms with Crippen LogP contribution in [0.15, 0.2) is 23.9 Å². The molecule has 138 valence electrons. The van der Waals surface area contributed by atoms with E-state index in [9.17, 15) is 4.79 Å². The molecule has 3 fully saturated rings. The molecular weight excluding hydrogens is 330 g/mol. The summed E-state index contributed by atoms with van der Waals surface area (Å²) >= 11 is 0. The maximum absolute atomic E-state index is 13.2. The van der Waals surface area contributed by atoms with Crippen LogP contribution in [0.5, 0.6) is 0 Å². The number of rotatable bonds is 3. The van der Waals surface area contributed by atoms with Gasteiger partial charge in [0, 0.05) is 23.8 Å². The Morgan fingerprint density at radius 2 is 2.00 bits per heavy atom. The fourth-order valence-corrected chi connectivity index (χ4v) is 4.37. The third-order valence-electron chi connectivity index (χ3n) is 5.80. The minimum absolute atomic E-state index is 0.0688. The molecule has 2 saturated heterocycles. The Bertz CT molecular complexity index is 743. The topological polar surface area (TPSA) is 62.8 Å². The predicted molar refractivity (Wildman–Crippen MR) is 100 cm³/mol. The Kier molecular flexibility index (Phi) is 4.10. The van der Waals surface area contributed by atoms with Gasteiger partial charge in [0.15, 0.2) is 0 Å². The molecule has 3 heterocycles. The molecule has 0 radical (unpaired) electrons. The second-order valence-corrected chi connectivity index (χ2v) is 7.56. The molecule has 6 nitrogen and oxygen atoms in total. The van der Waals surface area contributed by atoms with Crippen LogP contribution in [0.4, 0.5) is 11.4 Å². The average molecular weight is 355 g/mol. The highest BCUT2D eigenvalue weighted by molar-refractivity contribution is 6.33. The summed E-state index contributed by atoms with van der Waals surface area (Å²) in [6, 6.07) is 7.02. The number of hydrogen-bond acceptors (Lipinski definition) is 5. The summed E-state index contributed by atoms with van der Waals surface area (Å²) in [5.74, 6) is 0.0688. The van der Waals surface area contributed by atoms with E-state index in [2.05, 4.69) is 28.8 Å². The van der Waals surface area contributed by atoms with E-state index in [-0.39, 0.29) is 11.9 Å². The zero-order valence-corrected chi connectivity index (χ0v) is 14.9. The highest BCUT2D eigenvalue weighted by Crippen LogP contribution is 2.42. The second kappa shape index (κ2) is 6.59. The van der Waals surface area contributed by atoms with Crippen molar-refractivity contribution in [3.63, 3.8) is 0 Å². The largest absolute Gasteiger partial charge is 0.383 e. The normalized spacial score (nSPS) is 26.6. The third kappa shape index (κ3) is 2.68. The van der Waals surface area contributed by atoms with Crippen LogP contribution in [-0.2, 0) is 14.3 Å². The number of hydrogen-bond donors (Lipinski definition) is 2. The number of ether oxygens (including phenoxy) is 2. The molecule has 1 amide bonds. The minimum atomic E-state index is 0.0688. The van der Waals surface area contributed by atoms with Crippen LogP contribution < -0.4 is 15.5 Å². The molecule has 3 aliphatic heterocycles. The molecule has 26 heavy (non-hydrogen) atoms. The Balaban J connectivity index is 1.53.